The highest BCUT2D eigenvalue weighted by Gasteiger charge is 2.29. The predicted molar refractivity (Wildman–Crippen MR) is 143 cm³/mol. The first-order chi connectivity index (χ1) is 17.8. The summed E-state index contributed by atoms with van der Waals surface area (Å²) in [6, 6.07) is 24.3. The van der Waals surface area contributed by atoms with Crippen LogP contribution in [0.4, 0.5) is 0 Å². The summed E-state index contributed by atoms with van der Waals surface area (Å²) in [7, 11) is 0. The molecule has 3 rings (SSSR count). The van der Waals surface area contributed by atoms with Gasteiger partial charge < -0.3 is 10.6 Å². The highest BCUT2D eigenvalue weighted by atomic mass is 16.5. The van der Waals surface area contributed by atoms with E-state index in [4.69, 9.17) is 5.21 Å². The topological polar surface area (TPSA) is 108 Å². The van der Waals surface area contributed by atoms with Gasteiger partial charge in [0.25, 0.3) is 0 Å². The number of aryl methyl sites for hydroxylation is 1. The van der Waals surface area contributed by atoms with Gasteiger partial charge in [-0.15, -0.1) is 0 Å². The number of carbonyl (C=O) groups is 3. The summed E-state index contributed by atoms with van der Waals surface area (Å²) in [4.78, 5) is 38.5. The van der Waals surface area contributed by atoms with Crippen LogP contribution in [0.15, 0.2) is 78.9 Å². The normalized spacial score (nSPS) is 12.5. The van der Waals surface area contributed by atoms with Crippen LogP contribution in [0, 0.1) is 18.8 Å². The number of hydroxylamine groups is 1. The largest absolute Gasteiger partial charge is 0.350 e. The smallest absolute Gasteiger partial charge is 0.247 e. The van der Waals surface area contributed by atoms with E-state index in [9.17, 15) is 14.4 Å². The molecular weight excluding hydrogens is 466 g/mol. The first kappa shape index (κ1) is 27.6. The van der Waals surface area contributed by atoms with Gasteiger partial charge in [0.05, 0.1) is 0 Å². The molecule has 0 aliphatic rings. The first-order valence-electron chi connectivity index (χ1n) is 12.5. The lowest BCUT2D eigenvalue weighted by atomic mass is 9.92. The van der Waals surface area contributed by atoms with Crippen LogP contribution in [0.2, 0.25) is 0 Å². The molecule has 3 amide bonds. The Morgan fingerprint density at radius 2 is 1.43 bits per heavy atom. The Balaban J connectivity index is 1.84. The fraction of sp³-hybridized carbons (Fsp3) is 0.300. The number of hydrogen-bond acceptors (Lipinski definition) is 4. The maximum atomic E-state index is 13.4. The van der Waals surface area contributed by atoms with Crippen molar-refractivity contribution in [1.29, 1.82) is 0 Å². The molecule has 0 saturated heterocycles. The molecule has 0 aromatic heterocycles. The summed E-state index contributed by atoms with van der Waals surface area (Å²) in [5, 5.41) is 14.8. The van der Waals surface area contributed by atoms with Gasteiger partial charge in [-0.1, -0.05) is 98.3 Å². The van der Waals surface area contributed by atoms with Crippen LogP contribution in [0.3, 0.4) is 0 Å². The lowest BCUT2D eigenvalue weighted by Gasteiger charge is -2.23. The third kappa shape index (κ3) is 8.29. The van der Waals surface area contributed by atoms with E-state index >= 15 is 0 Å². The van der Waals surface area contributed by atoms with Gasteiger partial charge in [0.1, 0.15) is 6.04 Å². The Kier molecular flexibility index (Phi) is 9.98. The molecule has 0 spiro atoms. The average Bonchev–Trinajstić information content (AvgIpc) is 2.91. The summed E-state index contributed by atoms with van der Waals surface area (Å²) < 4.78 is 0. The fourth-order valence-electron chi connectivity index (χ4n) is 4.18. The number of nitrogens with one attached hydrogen (secondary N) is 3. The SMILES string of the molecule is Cc1ccc(CNC(=O)C(NC(=O)[C@@H](CC(=O)NO)CC(C)C)c2ccc(-c3ccccc3)cc2)cc1. The molecule has 3 aromatic rings. The monoisotopic (exact) mass is 501 g/mol. The van der Waals surface area contributed by atoms with Gasteiger partial charge in [-0.2, -0.15) is 0 Å². The third-order valence-corrected chi connectivity index (χ3v) is 6.17. The molecule has 4 N–H and O–H groups in total. The molecule has 0 fully saturated rings. The van der Waals surface area contributed by atoms with E-state index in [1.165, 1.54) is 0 Å². The van der Waals surface area contributed by atoms with Crippen LogP contribution in [-0.4, -0.2) is 22.9 Å². The molecule has 194 valence electrons. The molecular formula is C30H35N3O4. The second kappa shape index (κ2) is 13.4. The van der Waals surface area contributed by atoms with E-state index < -0.39 is 23.8 Å². The Bertz CT molecular complexity index is 1180. The quantitative estimate of drug-likeness (QED) is 0.226. The van der Waals surface area contributed by atoms with Crippen LogP contribution < -0.4 is 16.1 Å². The number of carbonyl (C=O) groups excluding carboxylic acids is 3. The molecule has 0 radical (unpaired) electrons. The minimum atomic E-state index is -0.949. The van der Waals surface area contributed by atoms with Gasteiger partial charge in [-0.3, -0.25) is 19.6 Å². The summed E-state index contributed by atoms with van der Waals surface area (Å²) >= 11 is 0. The van der Waals surface area contributed by atoms with Crippen LogP contribution in [-0.2, 0) is 20.9 Å². The third-order valence-electron chi connectivity index (χ3n) is 6.17. The molecule has 0 aliphatic heterocycles. The summed E-state index contributed by atoms with van der Waals surface area (Å²) in [5.74, 6) is -1.96. The number of rotatable bonds is 11. The molecule has 7 nitrogen and oxygen atoms in total. The second-order valence-electron chi connectivity index (χ2n) is 9.70. The molecule has 3 aromatic carbocycles. The summed E-state index contributed by atoms with van der Waals surface area (Å²) in [6.07, 6.45) is 0.259. The van der Waals surface area contributed by atoms with Crippen LogP contribution >= 0.6 is 0 Å². The average molecular weight is 502 g/mol. The van der Waals surface area contributed by atoms with Crippen LogP contribution in [0.1, 0.15) is 49.4 Å². The highest BCUT2D eigenvalue weighted by molar-refractivity contribution is 5.91. The second-order valence-corrected chi connectivity index (χ2v) is 9.70. The van der Waals surface area contributed by atoms with E-state index in [1.54, 1.807) is 5.48 Å². The molecule has 2 atom stereocenters. The van der Waals surface area contributed by atoms with Crippen molar-refractivity contribution < 1.29 is 19.6 Å². The molecule has 0 heterocycles. The van der Waals surface area contributed by atoms with Gasteiger partial charge in [0.2, 0.25) is 17.7 Å². The van der Waals surface area contributed by atoms with Crippen molar-refractivity contribution in [2.45, 2.75) is 46.2 Å². The van der Waals surface area contributed by atoms with E-state index in [0.717, 1.165) is 22.3 Å². The van der Waals surface area contributed by atoms with E-state index in [1.807, 2.05) is 99.6 Å². The zero-order valence-electron chi connectivity index (χ0n) is 21.5. The molecule has 7 heteroatoms. The van der Waals surface area contributed by atoms with E-state index in [-0.39, 0.29) is 18.2 Å². The Hall–Kier alpha value is -3.97. The van der Waals surface area contributed by atoms with E-state index in [2.05, 4.69) is 10.6 Å². The molecule has 0 aliphatic carbocycles. The minimum Gasteiger partial charge on any atom is -0.350 e. The van der Waals surface area contributed by atoms with Crippen LogP contribution in [0.25, 0.3) is 11.1 Å². The number of amides is 3. The lowest BCUT2D eigenvalue weighted by Crippen LogP contribution is -2.43. The first-order valence-corrected chi connectivity index (χ1v) is 12.5. The fourth-order valence-corrected chi connectivity index (χ4v) is 4.18. The van der Waals surface area contributed by atoms with Gasteiger partial charge in [-0.05, 0) is 41.5 Å². The van der Waals surface area contributed by atoms with Gasteiger partial charge in [0, 0.05) is 18.9 Å². The molecule has 1 unspecified atom stereocenters. The highest BCUT2D eigenvalue weighted by Crippen LogP contribution is 2.24. The van der Waals surface area contributed by atoms with Crippen molar-refractivity contribution in [1.82, 2.24) is 16.1 Å². The maximum Gasteiger partial charge on any atom is 0.247 e. The lowest BCUT2D eigenvalue weighted by molar-refractivity contribution is -0.136. The number of hydrogen-bond donors (Lipinski definition) is 4. The van der Waals surface area contributed by atoms with Crippen molar-refractivity contribution in [2.24, 2.45) is 11.8 Å². The number of benzene rings is 3. The summed E-state index contributed by atoms with van der Waals surface area (Å²) in [6.45, 7) is 6.21. The van der Waals surface area contributed by atoms with Crippen molar-refractivity contribution >= 4 is 17.7 Å². The van der Waals surface area contributed by atoms with E-state index in [0.29, 0.717) is 18.5 Å². The van der Waals surface area contributed by atoms with Crippen molar-refractivity contribution in [3.8, 4) is 11.1 Å². The Morgan fingerprint density at radius 1 is 0.811 bits per heavy atom. The predicted octanol–water partition coefficient (Wildman–Crippen LogP) is 4.69. The van der Waals surface area contributed by atoms with Gasteiger partial charge >= 0.3 is 0 Å². The molecule has 0 saturated carbocycles. The summed E-state index contributed by atoms with van der Waals surface area (Å²) in [5.41, 5.74) is 6.34. The zero-order chi connectivity index (χ0) is 26.8. The molecule has 0 bridgehead atoms. The van der Waals surface area contributed by atoms with Crippen LogP contribution in [0.5, 0.6) is 0 Å². The zero-order valence-corrected chi connectivity index (χ0v) is 21.5. The van der Waals surface area contributed by atoms with Crippen molar-refractivity contribution in [3.63, 3.8) is 0 Å². The maximum absolute atomic E-state index is 13.4. The standard InChI is InChI=1S/C30H35N3O4/c1-20(2)17-26(18-27(34)33-37)29(35)32-28(30(36)31-19-22-11-9-21(3)10-12-22)25-15-13-24(14-16-25)23-7-5-4-6-8-23/h4-16,20,26,28,37H,17-19H2,1-3H3,(H,31,36)(H,32,35)(H,33,34)/t26-,28?/m1/s1. The Labute approximate surface area is 218 Å². The van der Waals surface area contributed by atoms with Gasteiger partial charge in [-0.25, -0.2) is 5.48 Å². The van der Waals surface area contributed by atoms with Crippen molar-refractivity contribution in [2.75, 3.05) is 0 Å². The minimum absolute atomic E-state index is 0.140. The Morgan fingerprint density at radius 3 is 2.03 bits per heavy atom. The van der Waals surface area contributed by atoms with Crippen molar-refractivity contribution in [3.05, 3.63) is 95.6 Å². The molecule has 37 heavy (non-hydrogen) atoms. The van der Waals surface area contributed by atoms with Gasteiger partial charge in [0.15, 0.2) is 0 Å².